The fraction of sp³-hybridized carbons (Fsp3) is 0.305. The van der Waals surface area contributed by atoms with Crippen molar-refractivity contribution in [3.8, 4) is 5.75 Å². The molecule has 5 heterocycles. The maximum Gasteiger partial charge on any atom is 0.326 e. The number of fused-ring (bicyclic) bond motifs is 3. The van der Waals surface area contributed by atoms with Crippen LogP contribution in [0.5, 0.6) is 5.75 Å². The van der Waals surface area contributed by atoms with Gasteiger partial charge in [0.25, 0.3) is 51.9 Å². The molecule has 10 N–H and O–H groups in total. The smallest absolute Gasteiger partial charge is 0.326 e. The number of nitrogen functional groups attached to an aromatic ring is 1. The van der Waals surface area contributed by atoms with E-state index in [1.54, 1.807) is 60.7 Å². The topological polar surface area (TPSA) is 418 Å². The summed E-state index contributed by atoms with van der Waals surface area (Å²) in [7, 11) is -17.8. The summed E-state index contributed by atoms with van der Waals surface area (Å²) in [6.07, 6.45) is 8.87. The third-order valence-corrected chi connectivity index (χ3v) is 18.7. The maximum atomic E-state index is 13.5. The van der Waals surface area contributed by atoms with Crippen molar-refractivity contribution in [2.24, 2.45) is 0 Å². The Balaban J connectivity index is 1.01. The molecule has 27 nitrogen and oxygen atoms in total. The van der Waals surface area contributed by atoms with Crippen LogP contribution in [0, 0.1) is 0 Å². The van der Waals surface area contributed by atoms with Crippen LogP contribution in [-0.4, -0.2) is 136 Å². The van der Waals surface area contributed by atoms with Crippen molar-refractivity contribution in [1.82, 2.24) is 25.3 Å². The molecule has 31 heteroatoms. The molecule has 0 spiro atoms. The molecule has 0 saturated heterocycles. The van der Waals surface area contributed by atoms with Crippen LogP contribution < -0.4 is 31.6 Å². The van der Waals surface area contributed by atoms with E-state index in [-0.39, 0.29) is 108 Å². The van der Waals surface area contributed by atoms with Crippen LogP contribution in [0.3, 0.4) is 0 Å². The monoisotopic (exact) mass is 1310 g/mol. The first-order valence-corrected chi connectivity index (χ1v) is 34.0. The van der Waals surface area contributed by atoms with Crippen LogP contribution in [0.2, 0.25) is 0 Å². The van der Waals surface area contributed by atoms with Crippen LogP contribution >= 0.6 is 0 Å². The number of unbranched alkanes of at least 4 members (excludes halogenated alkanes) is 2. The van der Waals surface area contributed by atoms with Gasteiger partial charge in [-0.05, 0) is 129 Å². The summed E-state index contributed by atoms with van der Waals surface area (Å²) >= 11 is 0. The number of nitrogens with one attached hydrogen (secondary N) is 3. The Morgan fingerprint density at radius 1 is 0.800 bits per heavy atom. The number of aromatic nitrogens is 4. The zero-order valence-electron chi connectivity index (χ0n) is 48.8. The van der Waals surface area contributed by atoms with E-state index in [4.69, 9.17) is 15.2 Å². The number of allylic oxidation sites excluding steroid dienone is 4. The molecule has 0 saturated carbocycles. The minimum Gasteiger partial charge on any atom is -0.485 e. The first-order valence-electron chi connectivity index (χ1n) is 27.9. The molecule has 9 rings (SSSR count). The van der Waals surface area contributed by atoms with Crippen molar-refractivity contribution >= 4 is 92.2 Å². The van der Waals surface area contributed by atoms with Crippen LogP contribution in [0.25, 0.3) is 11.2 Å². The highest BCUT2D eigenvalue weighted by molar-refractivity contribution is 7.86. The predicted molar refractivity (Wildman–Crippen MR) is 331 cm³/mol. The molecule has 0 aliphatic carbocycles. The van der Waals surface area contributed by atoms with E-state index >= 15 is 0 Å². The number of anilines is 3. The van der Waals surface area contributed by atoms with E-state index in [1.165, 1.54) is 54.7 Å². The Labute approximate surface area is 517 Å². The summed E-state index contributed by atoms with van der Waals surface area (Å²) < 4.78 is 150. The number of aliphatic carboxylic acids is 1. The number of carboxylic acid groups (broad SMARTS) is 1. The number of benzene rings is 4. The first kappa shape index (κ1) is 65.7. The number of carboxylic acids is 1. The van der Waals surface area contributed by atoms with Crippen LogP contribution in [-0.2, 0) is 73.8 Å². The molecule has 6 aromatic rings. The molecule has 1 amide bonds. The second-order valence-corrected chi connectivity index (χ2v) is 28.5. The summed E-state index contributed by atoms with van der Waals surface area (Å²) in [5, 5.41) is 16.0. The molecule has 4 aromatic carbocycles. The van der Waals surface area contributed by atoms with Gasteiger partial charge in [0.1, 0.15) is 24.9 Å². The number of carbonyl (C=O) groups excluding carboxylic acids is 1. The van der Waals surface area contributed by atoms with Gasteiger partial charge in [-0.3, -0.25) is 32.8 Å². The molecule has 90 heavy (non-hydrogen) atoms. The maximum absolute atomic E-state index is 13.5. The number of hydrogen-bond donors (Lipinski definition) is 9. The highest BCUT2D eigenvalue weighted by atomic mass is 32.2. The third kappa shape index (κ3) is 15.3. The summed E-state index contributed by atoms with van der Waals surface area (Å²) in [6, 6.07) is 19.5. The van der Waals surface area contributed by atoms with Crippen molar-refractivity contribution in [1.29, 1.82) is 0 Å². The highest BCUT2D eigenvalue weighted by Gasteiger charge is 2.45. The standard InChI is InChI=1S/C59H63N9O18S4/c1-58(2)43-30-41(89(79,80)81)18-20-46(43)67(25-5-7-27-87(73,74)75)49(58)23-13-37-34-85-48(22-24-50-59(3,4)44-31-42(90(82,83)84)19-21-47(44)68(50)26-6-8-28-88(76,77)78)52(37)86-40-16-9-35(10-17-40)29-45(56(71)72)64-54(69)36-11-14-38(15-12-36)61-32-39-33-62-53-51(63-39)55(70)66-57(60)65-53/h9-24,30-31,33,45H,5-8,25-29,32,34H2,1-4H3,(H9-,60,61,62,64,65,66,69,70,71,72,73,74,75,76,77,78,79,80,81,82,83,84)/p+1/t45-/m0/s1. The lowest BCUT2D eigenvalue weighted by atomic mass is 9.81. The quantitative estimate of drug-likeness (QED) is 0.0180. The predicted octanol–water partition coefficient (Wildman–Crippen LogP) is 6.02. The second-order valence-electron chi connectivity index (χ2n) is 22.5. The number of H-pyrrole nitrogens is 1. The average molecular weight is 1320 g/mol. The van der Waals surface area contributed by atoms with E-state index < -0.39 is 86.3 Å². The Kier molecular flexibility index (Phi) is 18.7. The average Bonchev–Trinajstić information content (AvgIpc) is 1.60. The van der Waals surface area contributed by atoms with Gasteiger partial charge in [-0.15, -0.1) is 0 Å². The van der Waals surface area contributed by atoms with Crippen LogP contribution in [0.4, 0.5) is 23.0 Å². The lowest BCUT2D eigenvalue weighted by molar-refractivity contribution is -0.438. The molecule has 3 aliphatic heterocycles. The summed E-state index contributed by atoms with van der Waals surface area (Å²) in [6.45, 7) is 7.85. The fourth-order valence-corrected chi connectivity index (χ4v) is 13.0. The lowest BCUT2D eigenvalue weighted by Crippen LogP contribution is -2.42. The normalized spacial score (nSPS) is 16.9. The van der Waals surface area contributed by atoms with E-state index in [0.29, 0.717) is 56.4 Å². The molecule has 0 bridgehead atoms. The van der Waals surface area contributed by atoms with Crippen LogP contribution in [0.15, 0.2) is 153 Å². The fourth-order valence-electron chi connectivity index (χ4n) is 10.8. The minimum absolute atomic E-state index is 0.00774. The Morgan fingerprint density at radius 2 is 1.44 bits per heavy atom. The Hall–Kier alpha value is -8.69. The number of aromatic amines is 1. The summed E-state index contributed by atoms with van der Waals surface area (Å²) in [5.74, 6) is -2.43. The van der Waals surface area contributed by atoms with Gasteiger partial charge < -0.3 is 35.8 Å². The van der Waals surface area contributed by atoms with Crippen molar-refractivity contribution in [2.75, 3.05) is 47.2 Å². The van der Waals surface area contributed by atoms with Gasteiger partial charge in [0, 0.05) is 70.7 Å². The molecular formula is C59H64N9O18S4+. The molecule has 476 valence electrons. The van der Waals surface area contributed by atoms with E-state index in [2.05, 4.69) is 30.6 Å². The number of carbonyl (C=O) groups is 2. The van der Waals surface area contributed by atoms with Gasteiger partial charge in [0.15, 0.2) is 28.4 Å². The van der Waals surface area contributed by atoms with E-state index in [0.717, 1.165) is 0 Å². The molecule has 3 aliphatic rings. The Bertz CT molecular complexity index is 4560. The second kappa shape index (κ2) is 25.7. The molecule has 0 unspecified atom stereocenters. The summed E-state index contributed by atoms with van der Waals surface area (Å²) in [4.78, 5) is 54.4. The van der Waals surface area contributed by atoms with Gasteiger partial charge >= 0.3 is 5.97 Å². The zero-order valence-corrected chi connectivity index (χ0v) is 52.1. The third-order valence-electron chi connectivity index (χ3n) is 15.4. The zero-order chi connectivity index (χ0) is 65.3. The molecule has 1 atom stereocenters. The van der Waals surface area contributed by atoms with E-state index in [9.17, 15) is 71.4 Å². The first-order chi connectivity index (χ1) is 42.2. The Morgan fingerprint density at radius 3 is 2.09 bits per heavy atom. The number of nitrogens with zero attached hydrogens (tertiary/aromatic N) is 5. The molecule has 0 radical (unpaired) electrons. The number of hydrogen-bond acceptors (Lipinski definition) is 19. The lowest BCUT2D eigenvalue weighted by Gasteiger charge is -2.27. The highest BCUT2D eigenvalue weighted by Crippen LogP contribution is 2.49. The van der Waals surface area contributed by atoms with Gasteiger partial charge in [0.2, 0.25) is 11.6 Å². The molecule has 0 fully saturated rings. The van der Waals surface area contributed by atoms with Crippen molar-refractivity contribution in [2.45, 2.75) is 93.0 Å². The van der Waals surface area contributed by atoms with Crippen molar-refractivity contribution < 1.29 is 80.6 Å². The van der Waals surface area contributed by atoms with E-state index in [1.807, 2.05) is 37.2 Å². The number of ether oxygens (including phenoxy) is 2. The van der Waals surface area contributed by atoms with Gasteiger partial charge in [-0.2, -0.15) is 43.2 Å². The van der Waals surface area contributed by atoms with Gasteiger partial charge in [0.05, 0.1) is 45.1 Å². The number of amides is 1. The van der Waals surface area contributed by atoms with Gasteiger partial charge in [-0.25, -0.2) is 14.8 Å². The molecule has 2 aromatic heterocycles. The van der Waals surface area contributed by atoms with Gasteiger partial charge in [-0.1, -0.05) is 26.0 Å². The number of nitrogens with two attached hydrogens (primary N) is 1. The SMILES string of the molecule is CC1(C)C(=CC=C2OCC(C=CC3=[N+](CCCCS(=O)(=O)O)c4ccc(S(=O)(=O)O)cc4C3(C)C)=C2Oc2ccc(C[C@H](NC(=O)c3ccc(NCc4cnc5nc(N)[nH]c(=O)c5n4)cc3)C(=O)O)cc2)N(CCCCS(=O)(=O)O)c2ccc(S(=O)(=O)O)cc21. The van der Waals surface area contributed by atoms with Crippen molar-refractivity contribution in [3.63, 3.8) is 0 Å². The van der Waals surface area contributed by atoms with Crippen molar-refractivity contribution in [3.05, 3.63) is 177 Å². The summed E-state index contributed by atoms with van der Waals surface area (Å²) in [5.41, 5.74) is 8.79. The van der Waals surface area contributed by atoms with Crippen LogP contribution in [0.1, 0.15) is 86.1 Å². The molecular weight excluding hydrogens is 1250 g/mol. The number of rotatable bonds is 25. The minimum atomic E-state index is -4.64. The largest absolute Gasteiger partial charge is 0.485 e.